The average molecular weight is 154 g/mol. The topological polar surface area (TPSA) is 15.3 Å². The molecule has 2 aliphatic heterocycles. The van der Waals surface area contributed by atoms with E-state index in [1.165, 1.54) is 38.9 Å². The summed E-state index contributed by atoms with van der Waals surface area (Å²) in [5.74, 6) is 0. The summed E-state index contributed by atoms with van der Waals surface area (Å²) in [6.45, 7) is 6.21. The van der Waals surface area contributed by atoms with Crippen LogP contribution in [0, 0.1) is 0 Å². The van der Waals surface area contributed by atoms with Crippen LogP contribution < -0.4 is 5.32 Å². The Morgan fingerprint density at radius 3 is 3.00 bits per heavy atom. The highest BCUT2D eigenvalue weighted by atomic mass is 15.2. The molecule has 0 unspecified atom stereocenters. The highest BCUT2D eigenvalue weighted by Gasteiger charge is 2.29. The lowest BCUT2D eigenvalue weighted by atomic mass is 10.1. The van der Waals surface area contributed by atoms with Gasteiger partial charge in [-0.1, -0.05) is 0 Å². The standard InChI is InChI=1S/C9H18N2/c1-8-9-4-2-6-11(9)7-3-5-10-8/h8-10H,2-7H2,1H3/t8-,9-/m0/s1. The Kier molecular flexibility index (Phi) is 2.14. The van der Waals surface area contributed by atoms with E-state index < -0.39 is 0 Å². The molecule has 0 aromatic rings. The number of rotatable bonds is 0. The molecule has 0 spiro atoms. The zero-order chi connectivity index (χ0) is 7.68. The summed E-state index contributed by atoms with van der Waals surface area (Å²) < 4.78 is 0. The first-order valence-corrected chi connectivity index (χ1v) is 4.85. The first-order chi connectivity index (χ1) is 5.38. The summed E-state index contributed by atoms with van der Waals surface area (Å²) in [5.41, 5.74) is 0. The summed E-state index contributed by atoms with van der Waals surface area (Å²) in [4.78, 5) is 2.66. The van der Waals surface area contributed by atoms with Crippen LogP contribution in [0.5, 0.6) is 0 Å². The Morgan fingerprint density at radius 2 is 2.09 bits per heavy atom. The molecule has 0 aromatic carbocycles. The van der Waals surface area contributed by atoms with Crippen molar-refractivity contribution in [2.75, 3.05) is 19.6 Å². The molecule has 2 heterocycles. The zero-order valence-electron chi connectivity index (χ0n) is 7.34. The van der Waals surface area contributed by atoms with Gasteiger partial charge in [0.15, 0.2) is 0 Å². The lowest BCUT2D eigenvalue weighted by molar-refractivity contribution is 0.240. The monoisotopic (exact) mass is 154 g/mol. The summed E-state index contributed by atoms with van der Waals surface area (Å²) in [6, 6.07) is 1.57. The van der Waals surface area contributed by atoms with Crippen molar-refractivity contribution in [1.29, 1.82) is 0 Å². The molecule has 2 rings (SSSR count). The highest BCUT2D eigenvalue weighted by molar-refractivity contribution is 4.88. The normalized spacial score (nSPS) is 40.1. The summed E-state index contributed by atoms with van der Waals surface area (Å²) >= 11 is 0. The van der Waals surface area contributed by atoms with Crippen molar-refractivity contribution in [3.05, 3.63) is 0 Å². The maximum absolute atomic E-state index is 3.57. The van der Waals surface area contributed by atoms with E-state index in [2.05, 4.69) is 17.1 Å². The number of fused-ring (bicyclic) bond motifs is 1. The van der Waals surface area contributed by atoms with Crippen molar-refractivity contribution in [2.24, 2.45) is 0 Å². The van der Waals surface area contributed by atoms with Gasteiger partial charge in [0, 0.05) is 12.1 Å². The smallest absolute Gasteiger partial charge is 0.0247 e. The maximum Gasteiger partial charge on any atom is 0.0247 e. The van der Waals surface area contributed by atoms with Gasteiger partial charge in [-0.15, -0.1) is 0 Å². The van der Waals surface area contributed by atoms with E-state index in [1.807, 2.05) is 0 Å². The van der Waals surface area contributed by atoms with Gasteiger partial charge in [-0.3, -0.25) is 4.90 Å². The molecular weight excluding hydrogens is 136 g/mol. The third-order valence-corrected chi connectivity index (χ3v) is 3.08. The van der Waals surface area contributed by atoms with Crippen LogP contribution in [0.25, 0.3) is 0 Å². The summed E-state index contributed by atoms with van der Waals surface area (Å²) in [7, 11) is 0. The molecule has 2 saturated heterocycles. The van der Waals surface area contributed by atoms with Crippen LogP contribution >= 0.6 is 0 Å². The van der Waals surface area contributed by atoms with E-state index in [9.17, 15) is 0 Å². The molecule has 11 heavy (non-hydrogen) atoms. The number of nitrogens with zero attached hydrogens (tertiary/aromatic N) is 1. The minimum atomic E-state index is 0.722. The Labute approximate surface area is 69.0 Å². The van der Waals surface area contributed by atoms with Gasteiger partial charge in [-0.05, 0) is 45.8 Å². The Bertz CT molecular complexity index is 136. The van der Waals surface area contributed by atoms with E-state index in [0.29, 0.717) is 0 Å². The van der Waals surface area contributed by atoms with Crippen molar-refractivity contribution >= 4 is 0 Å². The van der Waals surface area contributed by atoms with Crippen molar-refractivity contribution in [2.45, 2.75) is 38.3 Å². The van der Waals surface area contributed by atoms with Gasteiger partial charge in [0.1, 0.15) is 0 Å². The molecule has 0 saturated carbocycles. The number of hydrogen-bond donors (Lipinski definition) is 1. The quantitative estimate of drug-likeness (QED) is 0.556. The van der Waals surface area contributed by atoms with Gasteiger partial charge in [0.2, 0.25) is 0 Å². The minimum Gasteiger partial charge on any atom is -0.313 e. The number of hydrogen-bond acceptors (Lipinski definition) is 2. The summed E-state index contributed by atoms with van der Waals surface area (Å²) in [5, 5.41) is 3.57. The summed E-state index contributed by atoms with van der Waals surface area (Å²) in [6.07, 6.45) is 4.16. The van der Waals surface area contributed by atoms with Crippen LogP contribution in [0.2, 0.25) is 0 Å². The predicted octanol–water partition coefficient (Wildman–Crippen LogP) is 0.833. The largest absolute Gasteiger partial charge is 0.313 e. The predicted molar refractivity (Wildman–Crippen MR) is 46.7 cm³/mol. The van der Waals surface area contributed by atoms with Gasteiger partial charge < -0.3 is 5.32 Å². The fourth-order valence-electron chi connectivity index (χ4n) is 2.44. The second-order valence-electron chi connectivity index (χ2n) is 3.84. The second kappa shape index (κ2) is 3.11. The molecule has 2 aliphatic rings. The van der Waals surface area contributed by atoms with Crippen LogP contribution in [-0.2, 0) is 0 Å². The van der Waals surface area contributed by atoms with Gasteiger partial charge in [-0.2, -0.15) is 0 Å². The van der Waals surface area contributed by atoms with Crippen LogP contribution in [0.1, 0.15) is 26.2 Å². The first-order valence-electron chi connectivity index (χ1n) is 4.85. The van der Waals surface area contributed by atoms with E-state index in [-0.39, 0.29) is 0 Å². The third-order valence-electron chi connectivity index (χ3n) is 3.08. The molecule has 2 atom stereocenters. The van der Waals surface area contributed by atoms with Crippen LogP contribution in [0.3, 0.4) is 0 Å². The second-order valence-corrected chi connectivity index (χ2v) is 3.84. The molecule has 2 nitrogen and oxygen atoms in total. The molecule has 0 bridgehead atoms. The van der Waals surface area contributed by atoms with Crippen molar-refractivity contribution in [1.82, 2.24) is 10.2 Å². The molecule has 0 aromatic heterocycles. The SMILES string of the molecule is C[C@@H]1NCCCN2CCC[C@@H]12. The molecule has 0 aliphatic carbocycles. The van der Waals surface area contributed by atoms with Crippen molar-refractivity contribution in [3.63, 3.8) is 0 Å². The molecular formula is C9H18N2. The van der Waals surface area contributed by atoms with Gasteiger partial charge in [-0.25, -0.2) is 0 Å². The van der Waals surface area contributed by atoms with Gasteiger partial charge in [0.05, 0.1) is 0 Å². The van der Waals surface area contributed by atoms with Gasteiger partial charge >= 0.3 is 0 Å². The Hall–Kier alpha value is -0.0800. The van der Waals surface area contributed by atoms with Crippen molar-refractivity contribution in [3.8, 4) is 0 Å². The first kappa shape index (κ1) is 7.56. The number of nitrogens with one attached hydrogen (secondary N) is 1. The van der Waals surface area contributed by atoms with Crippen LogP contribution in [0.15, 0.2) is 0 Å². The lowest BCUT2D eigenvalue weighted by Crippen LogP contribution is -2.41. The van der Waals surface area contributed by atoms with E-state index >= 15 is 0 Å². The average Bonchev–Trinajstić information content (AvgIpc) is 2.40. The highest BCUT2D eigenvalue weighted by Crippen LogP contribution is 2.21. The zero-order valence-corrected chi connectivity index (χ0v) is 7.34. The fourth-order valence-corrected chi connectivity index (χ4v) is 2.44. The van der Waals surface area contributed by atoms with E-state index in [4.69, 9.17) is 0 Å². The molecule has 0 amide bonds. The molecule has 2 heteroatoms. The molecule has 1 N–H and O–H groups in total. The van der Waals surface area contributed by atoms with Gasteiger partial charge in [0.25, 0.3) is 0 Å². The lowest BCUT2D eigenvalue weighted by Gasteiger charge is -2.25. The van der Waals surface area contributed by atoms with Crippen LogP contribution in [-0.4, -0.2) is 36.6 Å². The van der Waals surface area contributed by atoms with Crippen LogP contribution in [0.4, 0.5) is 0 Å². The maximum atomic E-state index is 3.57. The Balaban J connectivity index is 2.03. The molecule has 0 radical (unpaired) electrons. The minimum absolute atomic E-state index is 0.722. The molecule has 64 valence electrons. The Morgan fingerprint density at radius 1 is 1.27 bits per heavy atom. The van der Waals surface area contributed by atoms with Crippen molar-refractivity contribution < 1.29 is 0 Å². The van der Waals surface area contributed by atoms with E-state index in [1.54, 1.807) is 0 Å². The molecule has 2 fully saturated rings. The van der Waals surface area contributed by atoms with E-state index in [0.717, 1.165) is 12.1 Å². The third kappa shape index (κ3) is 1.42. The fraction of sp³-hybridized carbons (Fsp3) is 1.00.